The summed E-state index contributed by atoms with van der Waals surface area (Å²) in [5.41, 5.74) is 4.57. The van der Waals surface area contributed by atoms with Crippen LogP contribution in [-0.4, -0.2) is 11.7 Å². The number of aliphatic hydroxyl groups excluding tert-OH is 1. The minimum Gasteiger partial charge on any atom is -0.396 e. The fourth-order valence-electron chi connectivity index (χ4n) is 8.16. The Bertz CT molecular complexity index is 520. The second-order valence-corrected chi connectivity index (χ2v) is 9.99. The number of rotatable bonds is 3. The minimum atomic E-state index is 0.353. The van der Waals surface area contributed by atoms with Crippen molar-refractivity contribution in [3.8, 4) is 0 Å². The third-order valence-corrected chi connectivity index (χ3v) is 9.33. The maximum atomic E-state index is 9.67. The van der Waals surface area contributed by atoms with Crippen molar-refractivity contribution in [2.24, 2.45) is 34.5 Å². The van der Waals surface area contributed by atoms with Crippen molar-refractivity contribution in [1.29, 1.82) is 0 Å². The lowest BCUT2D eigenvalue weighted by atomic mass is 9.46. The van der Waals surface area contributed by atoms with Gasteiger partial charge in [0.15, 0.2) is 0 Å². The van der Waals surface area contributed by atoms with Gasteiger partial charge >= 0.3 is 0 Å². The van der Waals surface area contributed by atoms with Gasteiger partial charge in [0.2, 0.25) is 0 Å². The van der Waals surface area contributed by atoms with Gasteiger partial charge in [0.05, 0.1) is 0 Å². The van der Waals surface area contributed by atoms with Crippen LogP contribution in [0, 0.1) is 34.5 Å². The van der Waals surface area contributed by atoms with E-state index in [1.165, 1.54) is 64.2 Å². The lowest BCUT2D eigenvalue weighted by Crippen LogP contribution is -2.50. The van der Waals surface area contributed by atoms with Crippen molar-refractivity contribution in [2.75, 3.05) is 6.61 Å². The molecule has 0 heterocycles. The van der Waals surface area contributed by atoms with Crippen LogP contribution in [0.3, 0.4) is 0 Å². The third-order valence-electron chi connectivity index (χ3n) is 9.33. The highest BCUT2D eigenvalue weighted by atomic mass is 16.2. The first-order valence-electron chi connectivity index (χ1n) is 10.9. The first-order valence-corrected chi connectivity index (χ1v) is 10.9. The van der Waals surface area contributed by atoms with Crippen LogP contribution in [0.15, 0.2) is 11.1 Å². The van der Waals surface area contributed by atoms with E-state index in [1.807, 2.05) is 0 Å². The van der Waals surface area contributed by atoms with E-state index in [4.69, 9.17) is 0 Å². The van der Waals surface area contributed by atoms with Crippen molar-refractivity contribution < 1.29 is 5.11 Å². The van der Waals surface area contributed by atoms with Crippen molar-refractivity contribution in [2.45, 2.75) is 91.4 Å². The number of fused-ring (bicyclic) bond motifs is 5. The Hall–Kier alpha value is -0.300. The van der Waals surface area contributed by atoms with Gasteiger partial charge in [0.25, 0.3) is 0 Å². The molecule has 6 atom stereocenters. The van der Waals surface area contributed by atoms with Crippen molar-refractivity contribution in [3.63, 3.8) is 0 Å². The average molecular weight is 331 g/mol. The minimum absolute atomic E-state index is 0.353. The molecule has 3 fully saturated rings. The van der Waals surface area contributed by atoms with Crippen LogP contribution in [0.2, 0.25) is 0 Å². The molecule has 0 aromatic heterocycles. The van der Waals surface area contributed by atoms with Crippen LogP contribution in [0.25, 0.3) is 0 Å². The monoisotopic (exact) mass is 330 g/mol. The SMILES string of the molecule is CC[C@H]1CC[C@H]2[C@@H]3CC(CCO)=C4CCCC[C@]4(C)[C@H]3CC[C@]12C. The fourth-order valence-corrected chi connectivity index (χ4v) is 8.16. The van der Waals surface area contributed by atoms with Crippen LogP contribution in [0.1, 0.15) is 91.4 Å². The molecule has 1 N–H and O–H groups in total. The predicted octanol–water partition coefficient (Wildman–Crippen LogP) is 6.12. The topological polar surface area (TPSA) is 20.2 Å². The predicted molar refractivity (Wildman–Crippen MR) is 101 cm³/mol. The Kier molecular flexibility index (Phi) is 4.39. The third kappa shape index (κ3) is 2.29. The Balaban J connectivity index is 1.72. The molecule has 1 heteroatoms. The summed E-state index contributed by atoms with van der Waals surface area (Å²) in [5, 5.41) is 9.67. The smallest absolute Gasteiger partial charge is 0.0468 e. The Labute approximate surface area is 149 Å². The van der Waals surface area contributed by atoms with E-state index in [0.29, 0.717) is 17.4 Å². The summed E-state index contributed by atoms with van der Waals surface area (Å²) in [5.74, 6) is 3.77. The molecule has 1 nitrogen and oxygen atoms in total. The molecule has 4 aliphatic rings. The van der Waals surface area contributed by atoms with E-state index in [0.717, 1.165) is 30.1 Å². The zero-order valence-corrected chi connectivity index (χ0v) is 16.2. The highest BCUT2D eigenvalue weighted by Gasteiger charge is 2.58. The van der Waals surface area contributed by atoms with Gasteiger partial charge < -0.3 is 5.11 Å². The number of hydrogen-bond acceptors (Lipinski definition) is 1. The Morgan fingerprint density at radius 2 is 1.88 bits per heavy atom. The Morgan fingerprint density at radius 1 is 1.04 bits per heavy atom. The summed E-state index contributed by atoms with van der Waals surface area (Å²) in [4.78, 5) is 0. The van der Waals surface area contributed by atoms with Crippen LogP contribution in [0.5, 0.6) is 0 Å². The lowest BCUT2D eigenvalue weighted by molar-refractivity contribution is -0.0448. The van der Waals surface area contributed by atoms with Crippen LogP contribution >= 0.6 is 0 Å². The van der Waals surface area contributed by atoms with Gasteiger partial charge in [-0.15, -0.1) is 0 Å². The van der Waals surface area contributed by atoms with Crippen LogP contribution in [-0.2, 0) is 0 Å². The highest BCUT2D eigenvalue weighted by molar-refractivity contribution is 5.30. The van der Waals surface area contributed by atoms with E-state index in [1.54, 1.807) is 11.1 Å². The molecule has 0 spiro atoms. The zero-order chi connectivity index (χ0) is 16.9. The maximum Gasteiger partial charge on any atom is 0.0468 e. The molecule has 0 aromatic carbocycles. The van der Waals surface area contributed by atoms with E-state index in [2.05, 4.69) is 20.8 Å². The second kappa shape index (κ2) is 6.15. The lowest BCUT2D eigenvalue weighted by Gasteiger charge is -2.59. The first kappa shape index (κ1) is 17.1. The summed E-state index contributed by atoms with van der Waals surface area (Å²) in [7, 11) is 0. The van der Waals surface area contributed by atoms with Gasteiger partial charge in [0, 0.05) is 6.61 Å². The van der Waals surface area contributed by atoms with E-state index in [-0.39, 0.29) is 0 Å². The fraction of sp³-hybridized carbons (Fsp3) is 0.913. The van der Waals surface area contributed by atoms with Crippen molar-refractivity contribution >= 4 is 0 Å². The van der Waals surface area contributed by atoms with Gasteiger partial charge in [0.1, 0.15) is 0 Å². The average Bonchev–Trinajstić information content (AvgIpc) is 2.91. The molecule has 0 amide bonds. The number of aliphatic hydroxyl groups is 1. The normalized spacial score (nSPS) is 48.0. The van der Waals surface area contributed by atoms with E-state index < -0.39 is 0 Å². The summed E-state index contributed by atoms with van der Waals surface area (Å²) < 4.78 is 0. The second-order valence-electron chi connectivity index (χ2n) is 9.99. The molecule has 136 valence electrons. The maximum absolute atomic E-state index is 9.67. The molecule has 0 aromatic rings. The molecule has 3 saturated carbocycles. The molecular weight excluding hydrogens is 292 g/mol. The van der Waals surface area contributed by atoms with Gasteiger partial charge in [-0.3, -0.25) is 0 Å². The molecule has 4 rings (SSSR count). The van der Waals surface area contributed by atoms with Crippen LogP contribution < -0.4 is 0 Å². The van der Waals surface area contributed by atoms with E-state index >= 15 is 0 Å². The van der Waals surface area contributed by atoms with Crippen molar-refractivity contribution in [3.05, 3.63) is 11.1 Å². The highest BCUT2D eigenvalue weighted by Crippen LogP contribution is 2.67. The first-order chi connectivity index (χ1) is 11.5. The standard InChI is InChI=1S/C23H38O/c1-4-17-8-9-20-18-15-16(11-14-24)19-7-5-6-12-23(19,3)21(18)10-13-22(17,20)2/h17-18,20-21,24H,4-15H2,1-3H3/t17-,18-,20-,21-,22+,23-/m0/s1. The van der Waals surface area contributed by atoms with E-state index in [9.17, 15) is 5.11 Å². The molecule has 4 aliphatic carbocycles. The molecule has 0 saturated heterocycles. The van der Waals surface area contributed by atoms with Gasteiger partial charge in [-0.25, -0.2) is 0 Å². The van der Waals surface area contributed by atoms with Crippen molar-refractivity contribution in [1.82, 2.24) is 0 Å². The molecule has 0 aliphatic heterocycles. The van der Waals surface area contributed by atoms with Gasteiger partial charge in [-0.05, 0) is 92.3 Å². The quantitative estimate of drug-likeness (QED) is 0.618. The van der Waals surface area contributed by atoms with Gasteiger partial charge in [-0.1, -0.05) is 44.8 Å². The van der Waals surface area contributed by atoms with Gasteiger partial charge in [-0.2, -0.15) is 0 Å². The summed E-state index contributed by atoms with van der Waals surface area (Å²) in [6.07, 6.45) is 15.1. The largest absolute Gasteiger partial charge is 0.396 e. The molecule has 0 bridgehead atoms. The summed E-state index contributed by atoms with van der Waals surface area (Å²) in [6.45, 7) is 8.03. The number of hydrogen-bond donors (Lipinski definition) is 1. The summed E-state index contributed by atoms with van der Waals surface area (Å²) in [6, 6.07) is 0. The Morgan fingerprint density at radius 3 is 2.62 bits per heavy atom. The summed E-state index contributed by atoms with van der Waals surface area (Å²) >= 11 is 0. The number of allylic oxidation sites excluding steroid dienone is 1. The molecule has 0 unspecified atom stereocenters. The molecule has 0 radical (unpaired) electrons. The van der Waals surface area contributed by atoms with Crippen LogP contribution in [0.4, 0.5) is 0 Å². The molecular formula is C23H38O. The molecule has 24 heavy (non-hydrogen) atoms. The zero-order valence-electron chi connectivity index (χ0n) is 16.2.